The molecule has 0 aromatic rings. The fourth-order valence-electron chi connectivity index (χ4n) is 10.3. The topological polar surface area (TPSA) is 102 Å². The van der Waals surface area contributed by atoms with Crippen LogP contribution in [0.1, 0.15) is 131 Å². The van der Waals surface area contributed by atoms with E-state index in [-0.39, 0.29) is 30.1 Å². The number of nitrogens with zero attached hydrogens (tertiary/aromatic N) is 1. The molecule has 0 bridgehead atoms. The monoisotopic (exact) mass is 647 g/mol. The molecule has 1 amide bonds. The summed E-state index contributed by atoms with van der Waals surface area (Å²) in [5.41, 5.74) is 1.80. The van der Waals surface area contributed by atoms with Gasteiger partial charge in [0.1, 0.15) is 12.3 Å². The minimum atomic E-state index is -0.593. The van der Waals surface area contributed by atoms with E-state index in [0.717, 1.165) is 80.0 Å². The molecule has 1 heterocycles. The van der Waals surface area contributed by atoms with Crippen LogP contribution in [-0.4, -0.2) is 71.0 Å². The summed E-state index contributed by atoms with van der Waals surface area (Å²) in [6.45, 7) is 16.2. The van der Waals surface area contributed by atoms with E-state index in [1.165, 1.54) is 44.9 Å². The van der Waals surface area contributed by atoms with Crippen LogP contribution in [-0.2, 0) is 4.74 Å². The van der Waals surface area contributed by atoms with Crippen molar-refractivity contribution >= 4 is 6.09 Å². The summed E-state index contributed by atoms with van der Waals surface area (Å²) >= 11 is 0. The van der Waals surface area contributed by atoms with Crippen LogP contribution in [0, 0.1) is 52.8 Å². The van der Waals surface area contributed by atoms with Gasteiger partial charge in [-0.15, -0.1) is 0 Å². The Balaban J connectivity index is 1.18. The minimum absolute atomic E-state index is 0.0329. The van der Waals surface area contributed by atoms with Crippen LogP contribution >= 0.6 is 0 Å². The minimum Gasteiger partial charge on any atom is -0.446 e. The highest BCUT2D eigenvalue weighted by Crippen LogP contribution is 2.60. The van der Waals surface area contributed by atoms with Gasteiger partial charge in [-0.2, -0.15) is 0 Å². The molecule has 1 aliphatic heterocycles. The molecule has 266 valence electrons. The predicted octanol–water partition coefficient (Wildman–Crippen LogP) is 7.53. The summed E-state index contributed by atoms with van der Waals surface area (Å²) in [6, 6.07) is 0. The number of alkyl carbamates (subject to hydrolysis) is 1. The van der Waals surface area contributed by atoms with Crippen molar-refractivity contribution in [3.63, 3.8) is 0 Å². The first-order chi connectivity index (χ1) is 22.0. The first kappa shape index (κ1) is 37.7. The second-order valence-corrected chi connectivity index (χ2v) is 16.6. The highest BCUT2D eigenvalue weighted by atomic mass is 16.6. The number of aliphatic hydroxyl groups excluding tert-OH is 3. The van der Waals surface area contributed by atoms with E-state index in [1.54, 1.807) is 5.57 Å². The number of fused-ring (bicyclic) bond motifs is 3. The maximum Gasteiger partial charge on any atom is 0.407 e. The van der Waals surface area contributed by atoms with E-state index < -0.39 is 12.3 Å². The van der Waals surface area contributed by atoms with Gasteiger partial charge in [0.05, 0.1) is 6.10 Å². The van der Waals surface area contributed by atoms with Gasteiger partial charge in [0.2, 0.25) is 0 Å². The fraction of sp³-hybridized carbons (Fsp3) is 0.923. The molecule has 0 radical (unpaired) electrons. The van der Waals surface area contributed by atoms with Gasteiger partial charge in [0.25, 0.3) is 0 Å². The molecule has 4 N–H and O–H groups in total. The number of amides is 1. The summed E-state index contributed by atoms with van der Waals surface area (Å²) < 4.78 is 5.94. The maximum absolute atomic E-state index is 12.7. The highest BCUT2D eigenvalue weighted by molar-refractivity contribution is 5.67. The number of carbonyl (C=O) groups is 1. The molecule has 4 rings (SSSR count). The van der Waals surface area contributed by atoms with Gasteiger partial charge in [0.15, 0.2) is 0 Å². The lowest BCUT2D eigenvalue weighted by Crippen LogP contribution is -2.49. The molecule has 0 aromatic carbocycles. The predicted molar refractivity (Wildman–Crippen MR) is 186 cm³/mol. The average molecular weight is 647 g/mol. The van der Waals surface area contributed by atoms with Gasteiger partial charge in [-0.1, -0.05) is 85.3 Å². The van der Waals surface area contributed by atoms with Crippen molar-refractivity contribution in [2.75, 3.05) is 26.2 Å². The zero-order chi connectivity index (χ0) is 33.4. The van der Waals surface area contributed by atoms with Crippen molar-refractivity contribution in [3.8, 4) is 0 Å². The normalized spacial score (nSPS) is 35.2. The molecule has 0 spiro atoms. The molecular formula is C39H70N2O5. The Bertz CT molecular complexity index is 972. The molecule has 3 fully saturated rings. The number of hydrogen-bond donors (Lipinski definition) is 4. The number of allylic oxidation sites excluding steroid dienone is 1. The number of β-amino-alcohol motifs (C(OH)–C–C–N with tert-alkyl or cyclic N) is 1. The molecule has 2 saturated carbocycles. The highest BCUT2D eigenvalue weighted by Gasteiger charge is 2.52. The summed E-state index contributed by atoms with van der Waals surface area (Å²) in [7, 11) is 0. The number of aliphatic hydroxyl groups is 3. The van der Waals surface area contributed by atoms with Crippen molar-refractivity contribution in [2.45, 2.75) is 150 Å². The van der Waals surface area contributed by atoms with Crippen LogP contribution < -0.4 is 5.32 Å². The second kappa shape index (κ2) is 17.5. The smallest absolute Gasteiger partial charge is 0.407 e. The number of hydrogen-bond acceptors (Lipinski definition) is 6. The van der Waals surface area contributed by atoms with Crippen molar-refractivity contribution in [3.05, 3.63) is 11.6 Å². The Morgan fingerprint density at radius 1 is 1.09 bits per heavy atom. The van der Waals surface area contributed by atoms with Crippen LogP contribution in [0.4, 0.5) is 4.79 Å². The van der Waals surface area contributed by atoms with Gasteiger partial charge in [-0.3, -0.25) is 4.90 Å². The first-order valence-corrected chi connectivity index (χ1v) is 19.3. The molecule has 9 unspecified atom stereocenters. The van der Waals surface area contributed by atoms with Crippen molar-refractivity contribution in [2.24, 2.45) is 52.8 Å². The van der Waals surface area contributed by atoms with E-state index in [9.17, 15) is 20.1 Å². The maximum atomic E-state index is 12.7. The van der Waals surface area contributed by atoms with E-state index >= 15 is 0 Å². The first-order valence-electron chi connectivity index (χ1n) is 19.3. The third kappa shape index (κ3) is 9.30. The zero-order valence-corrected chi connectivity index (χ0v) is 30.3. The molecule has 3 aliphatic carbocycles. The zero-order valence-electron chi connectivity index (χ0n) is 30.3. The number of likely N-dealkylation sites (tertiary alicyclic amines) is 1. The Morgan fingerprint density at radius 3 is 2.57 bits per heavy atom. The largest absolute Gasteiger partial charge is 0.446 e. The molecule has 0 aromatic heterocycles. The number of carbonyl (C=O) groups excluding carboxylic acids is 1. The molecule has 11 atom stereocenters. The van der Waals surface area contributed by atoms with Gasteiger partial charge < -0.3 is 25.4 Å². The average Bonchev–Trinajstić information content (AvgIpc) is 3.40. The summed E-state index contributed by atoms with van der Waals surface area (Å²) in [4.78, 5) is 14.5. The molecule has 4 aliphatic rings. The Morgan fingerprint density at radius 2 is 1.87 bits per heavy atom. The fourth-order valence-corrected chi connectivity index (χ4v) is 10.3. The lowest BCUT2D eigenvalue weighted by atomic mass is 9.49. The van der Waals surface area contributed by atoms with Gasteiger partial charge in [-0.05, 0) is 98.2 Å². The van der Waals surface area contributed by atoms with Gasteiger partial charge >= 0.3 is 6.09 Å². The third-order valence-electron chi connectivity index (χ3n) is 13.3. The second-order valence-electron chi connectivity index (χ2n) is 16.6. The van der Waals surface area contributed by atoms with Crippen molar-refractivity contribution < 1.29 is 24.9 Å². The SMILES string of the molecule is CCC(C(C)CCCC(C)C)C1CCC2C(CC=C3C[C@@H](OC(=O)NCCCCCC(O)N4CC(O)C(CO)C4)CC[C@@]32C)C1C. The molecule has 46 heavy (non-hydrogen) atoms. The quantitative estimate of drug-likeness (QED) is 0.102. The van der Waals surface area contributed by atoms with Gasteiger partial charge in [0, 0.05) is 38.6 Å². The molecule has 7 heteroatoms. The standard InChI is InChI=1S/C39H70N2O5/c1-7-32(27(4)13-11-12-26(2)3)33-17-18-35-34(28(33)5)16-15-30-22-31(19-20-39(30,35)6)46-38(45)40-21-10-8-9-14-37(44)41-23-29(25-42)36(43)24-41/h15,26-29,31-37,42-44H,7-14,16-25H2,1-6H3,(H,40,45)/t27?,28?,29?,31-,32?,33?,34?,35?,36?,37?,39-/m0/s1. The van der Waals surface area contributed by atoms with E-state index in [0.29, 0.717) is 26.1 Å². The number of nitrogens with one attached hydrogen (secondary N) is 1. The van der Waals surface area contributed by atoms with Crippen molar-refractivity contribution in [1.82, 2.24) is 10.2 Å². The summed E-state index contributed by atoms with van der Waals surface area (Å²) in [5.74, 6) is 5.48. The van der Waals surface area contributed by atoms with E-state index in [1.807, 2.05) is 4.90 Å². The van der Waals surface area contributed by atoms with Crippen LogP contribution in [0.3, 0.4) is 0 Å². The van der Waals surface area contributed by atoms with E-state index in [4.69, 9.17) is 4.74 Å². The van der Waals surface area contributed by atoms with Crippen LogP contribution in [0.2, 0.25) is 0 Å². The van der Waals surface area contributed by atoms with Crippen LogP contribution in [0.25, 0.3) is 0 Å². The van der Waals surface area contributed by atoms with Crippen LogP contribution in [0.5, 0.6) is 0 Å². The Hall–Kier alpha value is -1.15. The molecule has 1 saturated heterocycles. The van der Waals surface area contributed by atoms with E-state index in [2.05, 4.69) is 52.9 Å². The summed E-state index contributed by atoms with van der Waals surface area (Å²) in [5, 5.41) is 32.7. The number of rotatable bonds is 16. The molecular weight excluding hydrogens is 576 g/mol. The number of ether oxygens (including phenoxy) is 1. The Labute approximate surface area is 281 Å². The summed E-state index contributed by atoms with van der Waals surface area (Å²) in [6.07, 6.45) is 16.6. The third-order valence-corrected chi connectivity index (χ3v) is 13.3. The number of unbranched alkanes of at least 4 members (excludes halogenated alkanes) is 2. The lowest BCUT2D eigenvalue weighted by Gasteiger charge is -2.56. The Kier molecular flexibility index (Phi) is 14.3. The lowest BCUT2D eigenvalue weighted by molar-refractivity contribution is -0.0320. The molecule has 7 nitrogen and oxygen atoms in total. The van der Waals surface area contributed by atoms with Crippen molar-refractivity contribution in [1.29, 1.82) is 0 Å². The van der Waals surface area contributed by atoms with Gasteiger partial charge in [-0.25, -0.2) is 4.79 Å². The van der Waals surface area contributed by atoms with Crippen LogP contribution in [0.15, 0.2) is 11.6 Å².